The van der Waals surface area contributed by atoms with E-state index >= 15 is 0 Å². The van der Waals surface area contributed by atoms with Crippen molar-refractivity contribution in [2.75, 3.05) is 32.3 Å². The van der Waals surface area contributed by atoms with Crippen LogP contribution in [0.1, 0.15) is 32.3 Å². The Balaban J connectivity index is 1.78. The number of carbonyl (C=O) groups excluding carboxylic acids is 2. The fourth-order valence-electron chi connectivity index (χ4n) is 5.04. The standard InChI is InChI=1S/C31H33N5O6S/c1-5-7-14-35(30(32)37)21-10-12-25-22(17-21)28(20-9-13-26(39-3)27(16-20)40-4)29(42-31(38)41-6-2)36(25)18-19-8-11-23-24(15-19)34-43-33-23/h8-13,15-17H,5-7,14,18H2,1-4H3,(H2,32,37). The Labute approximate surface area is 253 Å². The van der Waals surface area contributed by atoms with E-state index in [2.05, 4.69) is 15.7 Å². The van der Waals surface area contributed by atoms with Crippen molar-refractivity contribution in [1.29, 1.82) is 0 Å². The van der Waals surface area contributed by atoms with Crippen molar-refractivity contribution in [2.24, 2.45) is 5.73 Å². The van der Waals surface area contributed by atoms with Crippen LogP contribution >= 0.6 is 11.7 Å². The number of benzene rings is 3. The van der Waals surface area contributed by atoms with Crippen molar-refractivity contribution in [1.82, 2.24) is 13.3 Å². The monoisotopic (exact) mass is 603 g/mol. The molecule has 0 fully saturated rings. The molecule has 3 aromatic carbocycles. The summed E-state index contributed by atoms with van der Waals surface area (Å²) in [5.41, 5.74) is 11.0. The molecule has 0 aliphatic heterocycles. The number of urea groups is 1. The van der Waals surface area contributed by atoms with Crippen molar-refractivity contribution in [2.45, 2.75) is 33.2 Å². The number of amides is 2. The first kappa shape index (κ1) is 29.6. The van der Waals surface area contributed by atoms with E-state index in [1.807, 2.05) is 53.1 Å². The molecule has 224 valence electrons. The highest BCUT2D eigenvalue weighted by Crippen LogP contribution is 2.44. The number of ether oxygens (including phenoxy) is 4. The molecule has 2 aromatic heterocycles. The molecule has 11 nitrogen and oxygen atoms in total. The second kappa shape index (κ2) is 13.0. The van der Waals surface area contributed by atoms with Crippen LogP contribution in [0.4, 0.5) is 15.3 Å². The molecule has 5 rings (SSSR count). The lowest BCUT2D eigenvalue weighted by atomic mass is 10.0. The molecule has 0 aliphatic rings. The number of anilines is 1. The number of primary amides is 1. The fraction of sp³-hybridized carbons (Fsp3) is 0.290. The van der Waals surface area contributed by atoms with Crippen LogP contribution in [-0.2, 0) is 11.3 Å². The summed E-state index contributed by atoms with van der Waals surface area (Å²) >= 11 is 1.15. The Morgan fingerprint density at radius 1 is 0.953 bits per heavy atom. The normalized spacial score (nSPS) is 11.1. The minimum absolute atomic E-state index is 0.146. The second-order valence-electron chi connectivity index (χ2n) is 9.75. The summed E-state index contributed by atoms with van der Waals surface area (Å²) in [4.78, 5) is 26.9. The SMILES string of the molecule is CCCCN(C(N)=O)c1ccc2c(c1)c(-c1ccc(OC)c(OC)c1)c(OC(=O)OCC)n2Cc1ccc2nsnc2c1. The van der Waals surface area contributed by atoms with Crippen LogP contribution in [0.3, 0.4) is 0 Å². The number of rotatable bonds is 11. The Hall–Kier alpha value is -4.84. The number of hydrogen-bond donors (Lipinski definition) is 1. The van der Waals surface area contributed by atoms with Crippen molar-refractivity contribution in [3.63, 3.8) is 0 Å². The molecule has 43 heavy (non-hydrogen) atoms. The number of nitrogens with zero attached hydrogens (tertiary/aromatic N) is 4. The Kier molecular flexibility index (Phi) is 8.96. The highest BCUT2D eigenvalue weighted by Gasteiger charge is 2.26. The van der Waals surface area contributed by atoms with Crippen molar-refractivity contribution < 1.29 is 28.5 Å². The molecule has 0 saturated heterocycles. The van der Waals surface area contributed by atoms with E-state index in [0.29, 0.717) is 41.4 Å². The summed E-state index contributed by atoms with van der Waals surface area (Å²) < 4.78 is 32.8. The van der Waals surface area contributed by atoms with Gasteiger partial charge in [-0.25, -0.2) is 9.59 Å². The zero-order valence-electron chi connectivity index (χ0n) is 24.5. The molecule has 0 saturated carbocycles. The van der Waals surface area contributed by atoms with E-state index in [0.717, 1.165) is 52.1 Å². The van der Waals surface area contributed by atoms with Gasteiger partial charge in [-0.2, -0.15) is 8.75 Å². The molecule has 2 heterocycles. The highest BCUT2D eigenvalue weighted by molar-refractivity contribution is 7.00. The van der Waals surface area contributed by atoms with Gasteiger partial charge < -0.3 is 29.2 Å². The number of nitrogens with two attached hydrogens (primary N) is 1. The quantitative estimate of drug-likeness (QED) is 0.167. The lowest BCUT2D eigenvalue weighted by Crippen LogP contribution is -2.36. The maximum absolute atomic E-state index is 12.8. The lowest BCUT2D eigenvalue weighted by Gasteiger charge is -2.20. The predicted molar refractivity (Wildman–Crippen MR) is 166 cm³/mol. The molecule has 12 heteroatoms. The van der Waals surface area contributed by atoms with Gasteiger partial charge in [-0.05, 0) is 66.9 Å². The molecule has 0 radical (unpaired) electrons. The first-order valence-corrected chi connectivity index (χ1v) is 14.6. The molecule has 2 N–H and O–H groups in total. The molecule has 0 bridgehead atoms. The first-order chi connectivity index (χ1) is 20.9. The van der Waals surface area contributed by atoms with Gasteiger partial charge in [-0.15, -0.1) is 0 Å². The summed E-state index contributed by atoms with van der Waals surface area (Å²) in [6.07, 6.45) is 0.847. The summed E-state index contributed by atoms with van der Waals surface area (Å²) in [7, 11) is 3.12. The van der Waals surface area contributed by atoms with Crippen LogP contribution in [-0.4, -0.2) is 52.9 Å². The van der Waals surface area contributed by atoms with Gasteiger partial charge in [0, 0.05) is 17.6 Å². The number of fused-ring (bicyclic) bond motifs is 2. The van der Waals surface area contributed by atoms with Crippen molar-refractivity contribution in [3.05, 3.63) is 60.2 Å². The maximum Gasteiger partial charge on any atom is 0.515 e. The minimum Gasteiger partial charge on any atom is -0.493 e. The third-order valence-corrected chi connectivity index (χ3v) is 7.64. The number of unbranched alkanes of at least 4 members (excludes halogenated alkanes) is 1. The van der Waals surface area contributed by atoms with Crippen LogP contribution in [0.25, 0.3) is 33.1 Å². The molecule has 0 atom stereocenters. The Morgan fingerprint density at radius 2 is 1.74 bits per heavy atom. The van der Waals surface area contributed by atoms with E-state index in [9.17, 15) is 9.59 Å². The van der Waals surface area contributed by atoms with E-state index in [-0.39, 0.29) is 12.5 Å². The van der Waals surface area contributed by atoms with Gasteiger partial charge in [0.1, 0.15) is 11.0 Å². The van der Waals surface area contributed by atoms with Crippen LogP contribution in [0.2, 0.25) is 0 Å². The summed E-state index contributed by atoms with van der Waals surface area (Å²) in [6.45, 7) is 4.73. The predicted octanol–water partition coefficient (Wildman–Crippen LogP) is 6.60. The Bertz CT molecular complexity index is 1780. The van der Waals surface area contributed by atoms with E-state index < -0.39 is 12.2 Å². The molecular formula is C31H33N5O6S. The average Bonchev–Trinajstić information content (AvgIpc) is 3.59. The average molecular weight is 604 g/mol. The fourth-order valence-corrected chi connectivity index (χ4v) is 5.56. The van der Waals surface area contributed by atoms with Gasteiger partial charge in [0.15, 0.2) is 11.5 Å². The summed E-state index contributed by atoms with van der Waals surface area (Å²) in [5, 5.41) is 0.739. The van der Waals surface area contributed by atoms with Crippen LogP contribution in [0, 0.1) is 0 Å². The van der Waals surface area contributed by atoms with Gasteiger partial charge in [0.2, 0.25) is 5.88 Å². The van der Waals surface area contributed by atoms with Crippen LogP contribution in [0.15, 0.2) is 54.6 Å². The van der Waals surface area contributed by atoms with Gasteiger partial charge in [-0.1, -0.05) is 25.5 Å². The number of hydrogen-bond acceptors (Lipinski definition) is 9. The van der Waals surface area contributed by atoms with Gasteiger partial charge >= 0.3 is 12.2 Å². The summed E-state index contributed by atoms with van der Waals surface area (Å²) in [5.74, 6) is 1.32. The molecule has 2 amide bonds. The lowest BCUT2D eigenvalue weighted by molar-refractivity contribution is 0.101. The molecule has 0 unspecified atom stereocenters. The van der Waals surface area contributed by atoms with Gasteiger partial charge in [0.05, 0.1) is 50.2 Å². The maximum atomic E-state index is 12.8. The zero-order chi connectivity index (χ0) is 30.5. The van der Waals surface area contributed by atoms with E-state index in [1.165, 1.54) is 0 Å². The number of aromatic nitrogens is 3. The highest BCUT2D eigenvalue weighted by atomic mass is 32.1. The van der Waals surface area contributed by atoms with Crippen molar-refractivity contribution >= 4 is 51.5 Å². The smallest absolute Gasteiger partial charge is 0.493 e. The second-order valence-corrected chi connectivity index (χ2v) is 10.3. The van der Waals surface area contributed by atoms with E-state index in [4.69, 9.17) is 24.7 Å². The molecule has 0 aliphatic carbocycles. The van der Waals surface area contributed by atoms with Gasteiger partial charge in [0.25, 0.3) is 0 Å². The Morgan fingerprint density at radius 3 is 2.47 bits per heavy atom. The molecule has 5 aromatic rings. The van der Waals surface area contributed by atoms with Crippen LogP contribution in [0.5, 0.6) is 17.4 Å². The molecular weight excluding hydrogens is 570 g/mol. The number of methoxy groups -OCH3 is 2. The largest absolute Gasteiger partial charge is 0.515 e. The third-order valence-electron chi connectivity index (χ3n) is 7.09. The van der Waals surface area contributed by atoms with E-state index in [1.54, 1.807) is 32.1 Å². The van der Waals surface area contributed by atoms with Crippen molar-refractivity contribution in [3.8, 4) is 28.5 Å². The number of carbonyl (C=O) groups is 2. The third kappa shape index (κ3) is 6.05. The zero-order valence-corrected chi connectivity index (χ0v) is 25.3. The molecule has 0 spiro atoms. The minimum atomic E-state index is -0.839. The summed E-state index contributed by atoms with van der Waals surface area (Å²) in [6, 6.07) is 16.4. The van der Waals surface area contributed by atoms with Crippen LogP contribution < -0.4 is 24.8 Å². The first-order valence-electron chi connectivity index (χ1n) is 13.9. The topological polar surface area (TPSA) is 131 Å². The van der Waals surface area contributed by atoms with Gasteiger partial charge in [-0.3, -0.25) is 4.90 Å².